The SMILES string of the molecule is Cc1ccc(NC(=O)CCC(=O)OCC(=O)NNC(=O)c2ccc(Br)cc2)c(C)c1. The molecular formula is C21H22BrN3O5. The Morgan fingerprint density at radius 1 is 0.900 bits per heavy atom. The lowest BCUT2D eigenvalue weighted by atomic mass is 10.1. The van der Waals surface area contributed by atoms with Gasteiger partial charge in [-0.25, -0.2) is 0 Å². The van der Waals surface area contributed by atoms with E-state index < -0.39 is 24.4 Å². The Balaban J connectivity index is 1.66. The number of esters is 1. The minimum absolute atomic E-state index is 0.0753. The molecule has 9 heteroatoms. The molecule has 0 saturated heterocycles. The van der Waals surface area contributed by atoms with E-state index in [1.807, 2.05) is 26.0 Å². The van der Waals surface area contributed by atoms with E-state index in [0.29, 0.717) is 11.3 Å². The number of halogens is 1. The van der Waals surface area contributed by atoms with Gasteiger partial charge in [0.05, 0.1) is 6.42 Å². The summed E-state index contributed by atoms with van der Waals surface area (Å²) in [5.41, 5.74) is 7.41. The third kappa shape index (κ3) is 7.67. The van der Waals surface area contributed by atoms with Gasteiger partial charge in [0.1, 0.15) is 0 Å². The number of hydrogen-bond acceptors (Lipinski definition) is 5. The van der Waals surface area contributed by atoms with Crippen LogP contribution in [0.5, 0.6) is 0 Å². The molecule has 0 radical (unpaired) electrons. The van der Waals surface area contributed by atoms with Crippen molar-refractivity contribution in [2.45, 2.75) is 26.7 Å². The molecule has 0 atom stereocenters. The van der Waals surface area contributed by atoms with Gasteiger partial charge in [-0.2, -0.15) is 0 Å². The first-order valence-electron chi connectivity index (χ1n) is 9.12. The lowest BCUT2D eigenvalue weighted by molar-refractivity contribution is -0.149. The van der Waals surface area contributed by atoms with Crippen LogP contribution in [0.2, 0.25) is 0 Å². The summed E-state index contributed by atoms with van der Waals surface area (Å²) in [5.74, 6) is -2.23. The lowest BCUT2D eigenvalue weighted by Crippen LogP contribution is -2.43. The van der Waals surface area contributed by atoms with Crippen molar-refractivity contribution >= 4 is 45.3 Å². The normalized spacial score (nSPS) is 10.1. The number of ether oxygens (including phenoxy) is 1. The van der Waals surface area contributed by atoms with E-state index in [9.17, 15) is 19.2 Å². The number of benzene rings is 2. The Kier molecular flexibility index (Phi) is 8.54. The predicted octanol–water partition coefficient (Wildman–Crippen LogP) is 2.79. The van der Waals surface area contributed by atoms with Crippen LogP contribution in [0.1, 0.15) is 34.3 Å². The van der Waals surface area contributed by atoms with Gasteiger partial charge in [0.25, 0.3) is 11.8 Å². The Morgan fingerprint density at radius 2 is 1.60 bits per heavy atom. The zero-order valence-electron chi connectivity index (χ0n) is 16.6. The fraction of sp³-hybridized carbons (Fsp3) is 0.238. The molecule has 158 valence electrons. The highest BCUT2D eigenvalue weighted by Gasteiger charge is 2.12. The predicted molar refractivity (Wildman–Crippen MR) is 114 cm³/mol. The van der Waals surface area contributed by atoms with Crippen molar-refractivity contribution < 1.29 is 23.9 Å². The van der Waals surface area contributed by atoms with Crippen LogP contribution in [0.15, 0.2) is 46.9 Å². The molecule has 0 aromatic heterocycles. The second kappa shape index (κ2) is 11.1. The highest BCUT2D eigenvalue weighted by atomic mass is 79.9. The molecule has 0 fully saturated rings. The lowest BCUT2D eigenvalue weighted by Gasteiger charge is -2.10. The van der Waals surface area contributed by atoms with Crippen LogP contribution in [0.4, 0.5) is 5.69 Å². The number of hydrogen-bond donors (Lipinski definition) is 3. The number of carbonyl (C=O) groups excluding carboxylic acids is 4. The van der Waals surface area contributed by atoms with Crippen molar-refractivity contribution in [3.8, 4) is 0 Å². The van der Waals surface area contributed by atoms with Gasteiger partial charge in [0, 0.05) is 22.1 Å². The van der Waals surface area contributed by atoms with Gasteiger partial charge in [0.15, 0.2) is 6.61 Å². The molecule has 3 amide bonds. The quantitative estimate of drug-likeness (QED) is 0.420. The number of rotatable bonds is 7. The van der Waals surface area contributed by atoms with Crippen LogP contribution >= 0.6 is 15.9 Å². The molecule has 0 heterocycles. The largest absolute Gasteiger partial charge is 0.455 e. The van der Waals surface area contributed by atoms with Gasteiger partial charge >= 0.3 is 5.97 Å². The van der Waals surface area contributed by atoms with Crippen molar-refractivity contribution in [1.82, 2.24) is 10.9 Å². The number of anilines is 1. The van der Waals surface area contributed by atoms with Crippen molar-refractivity contribution in [3.63, 3.8) is 0 Å². The van der Waals surface area contributed by atoms with Crippen molar-refractivity contribution in [2.24, 2.45) is 0 Å². The van der Waals surface area contributed by atoms with E-state index in [2.05, 4.69) is 32.1 Å². The Morgan fingerprint density at radius 3 is 2.27 bits per heavy atom. The first-order valence-corrected chi connectivity index (χ1v) is 9.91. The van der Waals surface area contributed by atoms with Crippen molar-refractivity contribution in [2.75, 3.05) is 11.9 Å². The fourth-order valence-corrected chi connectivity index (χ4v) is 2.70. The second-order valence-electron chi connectivity index (χ2n) is 6.54. The molecule has 0 spiro atoms. The third-order valence-electron chi connectivity index (χ3n) is 4.00. The summed E-state index contributed by atoms with van der Waals surface area (Å²) < 4.78 is 5.63. The number of hydrazine groups is 1. The summed E-state index contributed by atoms with van der Waals surface area (Å²) in [6.07, 6.45) is -0.247. The molecule has 2 rings (SSSR count). The van der Waals surface area contributed by atoms with Crippen LogP contribution < -0.4 is 16.2 Å². The van der Waals surface area contributed by atoms with Gasteiger partial charge in [-0.1, -0.05) is 33.6 Å². The average molecular weight is 476 g/mol. The molecule has 2 aromatic rings. The molecule has 2 aromatic carbocycles. The zero-order valence-corrected chi connectivity index (χ0v) is 18.2. The topological polar surface area (TPSA) is 114 Å². The highest BCUT2D eigenvalue weighted by Crippen LogP contribution is 2.16. The maximum Gasteiger partial charge on any atom is 0.306 e. The molecule has 3 N–H and O–H groups in total. The van der Waals surface area contributed by atoms with Crippen molar-refractivity contribution in [1.29, 1.82) is 0 Å². The number of amides is 3. The molecule has 0 aliphatic carbocycles. The van der Waals surface area contributed by atoms with Crippen molar-refractivity contribution in [3.05, 3.63) is 63.6 Å². The third-order valence-corrected chi connectivity index (χ3v) is 4.53. The van der Waals surface area contributed by atoms with Gasteiger partial charge < -0.3 is 10.1 Å². The summed E-state index contributed by atoms with van der Waals surface area (Å²) in [5, 5.41) is 2.73. The maximum absolute atomic E-state index is 12.0. The van der Waals surface area contributed by atoms with Gasteiger partial charge in [-0.3, -0.25) is 30.0 Å². The number of aryl methyl sites for hydroxylation is 2. The van der Waals surface area contributed by atoms with Crippen LogP contribution in [0.3, 0.4) is 0 Å². The van der Waals surface area contributed by atoms with Crippen LogP contribution in [-0.4, -0.2) is 30.3 Å². The minimum atomic E-state index is -0.700. The first kappa shape index (κ1) is 23.1. The van der Waals surface area contributed by atoms with Gasteiger partial charge in [0.2, 0.25) is 5.91 Å². The van der Waals surface area contributed by atoms with Crippen LogP contribution in [-0.2, 0) is 19.1 Å². The van der Waals surface area contributed by atoms with E-state index >= 15 is 0 Å². The second-order valence-corrected chi connectivity index (χ2v) is 7.45. The fourth-order valence-electron chi connectivity index (χ4n) is 2.44. The Hall–Kier alpha value is -3.20. The average Bonchev–Trinajstić information content (AvgIpc) is 2.71. The van der Waals surface area contributed by atoms with Gasteiger partial charge in [-0.15, -0.1) is 0 Å². The molecule has 0 aliphatic rings. The highest BCUT2D eigenvalue weighted by molar-refractivity contribution is 9.10. The summed E-state index contributed by atoms with van der Waals surface area (Å²) in [4.78, 5) is 47.3. The minimum Gasteiger partial charge on any atom is -0.455 e. The van der Waals surface area contributed by atoms with Crippen LogP contribution in [0, 0.1) is 13.8 Å². The number of nitrogens with one attached hydrogen (secondary N) is 3. The first-order chi connectivity index (χ1) is 14.2. The van der Waals surface area contributed by atoms with E-state index in [1.54, 1.807) is 30.3 Å². The maximum atomic E-state index is 12.0. The summed E-state index contributed by atoms with van der Waals surface area (Å²) >= 11 is 3.26. The van der Waals surface area contributed by atoms with E-state index in [1.165, 1.54) is 0 Å². The molecule has 0 saturated carbocycles. The monoisotopic (exact) mass is 475 g/mol. The summed E-state index contributed by atoms with van der Waals surface area (Å²) in [7, 11) is 0. The van der Waals surface area contributed by atoms with Gasteiger partial charge in [-0.05, 0) is 49.7 Å². The molecule has 0 bridgehead atoms. The zero-order chi connectivity index (χ0) is 22.1. The molecular weight excluding hydrogens is 454 g/mol. The van der Waals surface area contributed by atoms with E-state index in [4.69, 9.17) is 4.74 Å². The number of carbonyl (C=O) groups is 4. The summed E-state index contributed by atoms with van der Waals surface area (Å²) in [6.45, 7) is 3.26. The van der Waals surface area contributed by atoms with E-state index in [-0.39, 0.29) is 18.7 Å². The molecule has 0 unspecified atom stereocenters. The summed E-state index contributed by atoms with van der Waals surface area (Å²) in [6, 6.07) is 12.2. The smallest absolute Gasteiger partial charge is 0.306 e. The van der Waals surface area contributed by atoms with E-state index in [0.717, 1.165) is 15.6 Å². The molecule has 0 aliphatic heterocycles. The Bertz CT molecular complexity index is 944. The Labute approximate surface area is 182 Å². The molecule has 30 heavy (non-hydrogen) atoms. The standard InChI is InChI=1S/C21H22BrN3O5/c1-13-3-8-17(14(2)11-13)23-18(26)9-10-20(28)30-12-19(27)24-25-21(29)15-4-6-16(22)7-5-15/h3-8,11H,9-10,12H2,1-2H3,(H,23,26)(H,24,27)(H,25,29). The van der Waals surface area contributed by atoms with Crippen LogP contribution in [0.25, 0.3) is 0 Å². The molecule has 8 nitrogen and oxygen atoms in total.